The fraction of sp³-hybridized carbons (Fsp3) is 0.367. The molecule has 1 atom stereocenters. The van der Waals surface area contributed by atoms with Gasteiger partial charge in [0.1, 0.15) is 12.7 Å². The maximum absolute atomic E-state index is 12.7. The number of ether oxygens (including phenoxy) is 2. The van der Waals surface area contributed by atoms with E-state index in [-0.39, 0.29) is 12.5 Å². The third-order valence-electron chi connectivity index (χ3n) is 6.93. The molecular formula is C30H34N6O4. The number of amides is 1. The van der Waals surface area contributed by atoms with Crippen molar-refractivity contribution in [1.82, 2.24) is 29.8 Å². The highest BCUT2D eigenvalue weighted by molar-refractivity contribution is 5.93. The zero-order valence-electron chi connectivity index (χ0n) is 23.3. The van der Waals surface area contributed by atoms with Crippen LogP contribution in [0.15, 0.2) is 65.3 Å². The summed E-state index contributed by atoms with van der Waals surface area (Å²) in [6.45, 7) is 7.49. The maximum atomic E-state index is 12.7. The van der Waals surface area contributed by atoms with Crippen molar-refractivity contribution in [3.8, 4) is 22.9 Å². The number of carbonyl (C=O) groups excluding carboxylic acids is 1. The second-order valence-corrected chi connectivity index (χ2v) is 10.3. The normalized spacial score (nSPS) is 13.8. The number of rotatable bonds is 12. The highest BCUT2D eigenvalue weighted by Gasteiger charge is 2.26. The lowest BCUT2D eigenvalue weighted by Crippen LogP contribution is -2.28. The summed E-state index contributed by atoms with van der Waals surface area (Å²) in [6, 6.07) is 13.3. The average Bonchev–Trinajstić information content (AvgIpc) is 3.51. The summed E-state index contributed by atoms with van der Waals surface area (Å²) in [6.07, 6.45) is 3.62. The van der Waals surface area contributed by atoms with Crippen LogP contribution in [0.3, 0.4) is 0 Å². The molecule has 0 radical (unpaired) electrons. The second kappa shape index (κ2) is 11.9. The molecule has 0 saturated heterocycles. The third-order valence-corrected chi connectivity index (χ3v) is 6.93. The van der Waals surface area contributed by atoms with E-state index in [2.05, 4.69) is 26.9 Å². The topological polar surface area (TPSA) is 108 Å². The van der Waals surface area contributed by atoms with Crippen molar-refractivity contribution in [3.63, 3.8) is 0 Å². The molecule has 3 aromatic heterocycles. The number of hydrogen-bond donors (Lipinski definition) is 0. The van der Waals surface area contributed by atoms with Crippen LogP contribution in [0.1, 0.15) is 53.2 Å². The number of benzene rings is 1. The van der Waals surface area contributed by atoms with E-state index in [4.69, 9.17) is 14.0 Å². The smallest absolute Gasteiger partial charge is 0.255 e. The Morgan fingerprint density at radius 1 is 1.18 bits per heavy atom. The van der Waals surface area contributed by atoms with E-state index in [1.54, 1.807) is 24.3 Å². The summed E-state index contributed by atoms with van der Waals surface area (Å²) < 4.78 is 18.7. The Morgan fingerprint density at radius 3 is 2.65 bits per heavy atom. The van der Waals surface area contributed by atoms with Crippen molar-refractivity contribution in [2.45, 2.75) is 39.1 Å². The van der Waals surface area contributed by atoms with Crippen molar-refractivity contribution in [1.29, 1.82) is 0 Å². The molecule has 1 unspecified atom stereocenters. The van der Waals surface area contributed by atoms with E-state index < -0.39 is 6.10 Å². The zero-order chi connectivity index (χ0) is 28.2. The van der Waals surface area contributed by atoms with Crippen LogP contribution in [0.2, 0.25) is 0 Å². The summed E-state index contributed by atoms with van der Waals surface area (Å²) in [5, 5.41) is 13.0. The average molecular weight is 543 g/mol. The minimum absolute atomic E-state index is 0.0100. The van der Waals surface area contributed by atoms with Gasteiger partial charge in [-0.3, -0.25) is 9.78 Å². The van der Waals surface area contributed by atoms with E-state index in [9.17, 15) is 4.79 Å². The van der Waals surface area contributed by atoms with Gasteiger partial charge in [0, 0.05) is 45.6 Å². The molecule has 0 bridgehead atoms. The number of methoxy groups -OCH3 is 1. The van der Waals surface area contributed by atoms with Gasteiger partial charge < -0.3 is 23.5 Å². The quantitative estimate of drug-likeness (QED) is 0.230. The summed E-state index contributed by atoms with van der Waals surface area (Å²) in [5.74, 6) is 2.47. The largest absolute Gasteiger partial charge is 0.377 e. The minimum Gasteiger partial charge on any atom is -0.377 e. The first-order valence-corrected chi connectivity index (χ1v) is 13.3. The molecule has 5 rings (SSSR count). The Morgan fingerprint density at radius 2 is 1.95 bits per heavy atom. The molecule has 0 N–H and O–H groups in total. The lowest BCUT2D eigenvalue weighted by molar-refractivity contribution is 0.0624. The van der Waals surface area contributed by atoms with Gasteiger partial charge in [-0.1, -0.05) is 36.0 Å². The number of pyridine rings is 1. The zero-order valence-corrected chi connectivity index (χ0v) is 23.3. The Bertz CT molecular complexity index is 1490. The van der Waals surface area contributed by atoms with Crippen LogP contribution in [0.5, 0.6) is 0 Å². The number of aromatic nitrogens is 5. The molecule has 1 aliphatic rings. The van der Waals surface area contributed by atoms with Gasteiger partial charge in [0.15, 0.2) is 23.1 Å². The van der Waals surface area contributed by atoms with Gasteiger partial charge in [0.25, 0.3) is 5.91 Å². The molecule has 1 amide bonds. The molecule has 1 saturated carbocycles. The van der Waals surface area contributed by atoms with Crippen LogP contribution in [0.4, 0.5) is 0 Å². The summed E-state index contributed by atoms with van der Waals surface area (Å²) in [5.41, 5.74) is 4.49. The fourth-order valence-electron chi connectivity index (χ4n) is 4.64. The fourth-order valence-corrected chi connectivity index (χ4v) is 4.64. The molecule has 208 valence electrons. The van der Waals surface area contributed by atoms with Gasteiger partial charge in [-0.15, -0.1) is 10.2 Å². The SMILES string of the molecule is C=C(C)C(OCc1ccc(C(=O)N(C)CC2CC2)cn1)c1ccccc1-c1nnc(-c2cc(COC)on2)n1C. The first kappa shape index (κ1) is 27.4. The first-order valence-electron chi connectivity index (χ1n) is 13.3. The van der Waals surface area contributed by atoms with E-state index in [0.29, 0.717) is 41.2 Å². The molecule has 1 aromatic carbocycles. The first-order chi connectivity index (χ1) is 19.4. The molecule has 1 aliphatic carbocycles. The van der Waals surface area contributed by atoms with Gasteiger partial charge in [0.2, 0.25) is 0 Å². The number of carbonyl (C=O) groups is 1. The van der Waals surface area contributed by atoms with E-state index in [1.807, 2.05) is 62.0 Å². The standard InChI is InChI=1S/C30H34N6O4/c1-19(2)27(39-17-22-13-12-21(15-31-22)30(37)35(3)16-20-10-11-20)24-8-6-7-9-25(24)28-32-33-29(36(28)4)26-14-23(18-38-5)40-34-26/h6-9,12-15,20,27H,1,10-11,16-18H2,2-5H3. The second-order valence-electron chi connectivity index (χ2n) is 10.3. The molecule has 1 fully saturated rings. The summed E-state index contributed by atoms with van der Waals surface area (Å²) in [4.78, 5) is 19.0. The minimum atomic E-state index is -0.413. The number of nitrogens with zero attached hydrogens (tertiary/aromatic N) is 6. The van der Waals surface area contributed by atoms with Crippen LogP contribution in [-0.4, -0.2) is 56.4 Å². The molecule has 0 aliphatic heterocycles. The van der Waals surface area contributed by atoms with Crippen LogP contribution < -0.4 is 0 Å². The summed E-state index contributed by atoms with van der Waals surface area (Å²) >= 11 is 0. The highest BCUT2D eigenvalue weighted by atomic mass is 16.5. The van der Waals surface area contributed by atoms with Gasteiger partial charge in [0.05, 0.1) is 17.9 Å². The molecule has 10 nitrogen and oxygen atoms in total. The van der Waals surface area contributed by atoms with Crippen molar-refractivity contribution >= 4 is 5.91 Å². The molecule has 4 aromatic rings. The van der Waals surface area contributed by atoms with E-state index in [1.165, 1.54) is 12.8 Å². The molecule has 3 heterocycles. The van der Waals surface area contributed by atoms with Crippen LogP contribution in [0.25, 0.3) is 22.9 Å². The maximum Gasteiger partial charge on any atom is 0.255 e. The highest BCUT2D eigenvalue weighted by Crippen LogP contribution is 2.34. The van der Waals surface area contributed by atoms with Gasteiger partial charge >= 0.3 is 0 Å². The predicted octanol–water partition coefficient (Wildman–Crippen LogP) is 4.99. The van der Waals surface area contributed by atoms with Crippen molar-refractivity contribution in [2.24, 2.45) is 13.0 Å². The lowest BCUT2D eigenvalue weighted by atomic mass is 9.97. The summed E-state index contributed by atoms with van der Waals surface area (Å²) in [7, 11) is 5.33. The third kappa shape index (κ3) is 6.03. The van der Waals surface area contributed by atoms with Crippen LogP contribution in [0, 0.1) is 5.92 Å². The predicted molar refractivity (Wildman–Crippen MR) is 149 cm³/mol. The van der Waals surface area contributed by atoms with E-state index >= 15 is 0 Å². The molecule has 10 heteroatoms. The molecule has 40 heavy (non-hydrogen) atoms. The number of hydrogen-bond acceptors (Lipinski definition) is 8. The Labute approximate surface area is 233 Å². The Hall–Kier alpha value is -4.15. The van der Waals surface area contributed by atoms with Crippen LogP contribution >= 0.6 is 0 Å². The Kier molecular flexibility index (Phi) is 8.18. The van der Waals surface area contributed by atoms with Gasteiger partial charge in [-0.05, 0) is 49.0 Å². The van der Waals surface area contributed by atoms with E-state index in [0.717, 1.165) is 28.9 Å². The monoisotopic (exact) mass is 542 g/mol. The molecule has 0 spiro atoms. The van der Waals surface area contributed by atoms with Gasteiger partial charge in [-0.25, -0.2) is 0 Å². The van der Waals surface area contributed by atoms with Crippen molar-refractivity contribution < 1.29 is 18.8 Å². The lowest BCUT2D eigenvalue weighted by Gasteiger charge is -2.21. The van der Waals surface area contributed by atoms with Crippen molar-refractivity contribution in [3.05, 3.63) is 83.4 Å². The molecular weight excluding hydrogens is 508 g/mol. The van der Waals surface area contributed by atoms with Crippen molar-refractivity contribution in [2.75, 3.05) is 20.7 Å². The van der Waals surface area contributed by atoms with Gasteiger partial charge in [-0.2, -0.15) is 0 Å². The van der Waals surface area contributed by atoms with Crippen LogP contribution in [-0.2, 0) is 29.7 Å². The Balaban J connectivity index is 1.33.